The Balaban J connectivity index is 1.29. The Morgan fingerprint density at radius 2 is 1.33 bits per heavy atom. The summed E-state index contributed by atoms with van der Waals surface area (Å²) >= 11 is 12.5. The normalized spacial score (nSPS) is 10.8. The lowest BCUT2D eigenvalue weighted by Gasteiger charge is -2.13. The van der Waals surface area contributed by atoms with Gasteiger partial charge in [-0.1, -0.05) is 89.9 Å². The Morgan fingerprint density at radius 3 is 2.12 bits per heavy atom. The summed E-state index contributed by atoms with van der Waals surface area (Å²) in [6.45, 7) is 0. The molecule has 204 valence electrons. The molecule has 5 aromatic carbocycles. The van der Waals surface area contributed by atoms with E-state index in [0.717, 1.165) is 22.2 Å². The van der Waals surface area contributed by atoms with Gasteiger partial charge in [0, 0.05) is 43.4 Å². The zero-order chi connectivity index (χ0) is 29.1. The summed E-state index contributed by atoms with van der Waals surface area (Å²) < 4.78 is 0. The molecular weight excluding hydrogens is 567 g/mol. The topological polar surface area (TPSA) is 84.0 Å². The summed E-state index contributed by atoms with van der Waals surface area (Å²) in [5, 5.41) is 7.92. The van der Waals surface area contributed by atoms with Gasteiger partial charge in [-0.2, -0.15) is 0 Å². The molecule has 1 heterocycles. The molecule has 2 N–H and O–H groups in total. The molecule has 0 saturated heterocycles. The molecule has 6 nitrogen and oxygen atoms in total. The van der Waals surface area contributed by atoms with Crippen molar-refractivity contribution in [1.82, 2.24) is 9.97 Å². The smallest absolute Gasteiger partial charge is 0.255 e. The molecule has 0 unspecified atom stereocenters. The zero-order valence-corrected chi connectivity index (χ0v) is 23.5. The molecule has 8 heteroatoms. The zero-order valence-electron chi connectivity index (χ0n) is 22.0. The molecule has 0 aliphatic rings. The second-order valence-electron chi connectivity index (χ2n) is 9.47. The van der Waals surface area contributed by atoms with E-state index >= 15 is 0 Å². The summed E-state index contributed by atoms with van der Waals surface area (Å²) in [7, 11) is 0. The predicted molar refractivity (Wildman–Crippen MR) is 169 cm³/mol. The molecule has 0 saturated carbocycles. The van der Waals surface area contributed by atoms with Gasteiger partial charge in [-0.15, -0.1) is 0 Å². The van der Waals surface area contributed by atoms with Gasteiger partial charge in [0.2, 0.25) is 5.95 Å². The van der Waals surface area contributed by atoms with Crippen LogP contribution in [0.25, 0.3) is 22.2 Å². The van der Waals surface area contributed by atoms with Crippen molar-refractivity contribution in [1.29, 1.82) is 0 Å². The third-order valence-electron chi connectivity index (χ3n) is 6.60. The number of ketones is 1. The van der Waals surface area contributed by atoms with Crippen molar-refractivity contribution in [3.05, 3.63) is 148 Å². The van der Waals surface area contributed by atoms with E-state index in [9.17, 15) is 9.59 Å². The van der Waals surface area contributed by atoms with Crippen molar-refractivity contribution in [2.75, 3.05) is 10.6 Å². The molecule has 6 rings (SSSR count). The number of halogens is 2. The maximum atomic E-state index is 13.3. The number of amides is 1. The molecule has 0 aliphatic heterocycles. The number of hydrogen-bond donors (Lipinski definition) is 2. The fourth-order valence-electron chi connectivity index (χ4n) is 4.59. The lowest BCUT2D eigenvalue weighted by atomic mass is 10.0. The highest BCUT2D eigenvalue weighted by Gasteiger charge is 2.17. The largest absolute Gasteiger partial charge is 0.324 e. The number of benzene rings is 5. The summed E-state index contributed by atoms with van der Waals surface area (Å²) in [6.07, 6.45) is 0. The SMILES string of the molecule is O=C(Nc1ccc(Cl)cc1C(=O)c1ccccc1)c1cccc(Nc2nc(-c3ccccc3)c3cc(Cl)ccc3n2)c1. The Morgan fingerprint density at radius 1 is 0.643 bits per heavy atom. The number of carbonyl (C=O) groups is 2. The molecule has 0 bridgehead atoms. The number of rotatable bonds is 7. The second-order valence-corrected chi connectivity index (χ2v) is 10.3. The molecule has 6 aromatic rings. The van der Waals surface area contributed by atoms with Gasteiger partial charge < -0.3 is 10.6 Å². The van der Waals surface area contributed by atoms with Gasteiger partial charge in [-0.05, 0) is 54.6 Å². The first-order valence-electron chi connectivity index (χ1n) is 13.0. The van der Waals surface area contributed by atoms with Crippen LogP contribution < -0.4 is 10.6 Å². The minimum Gasteiger partial charge on any atom is -0.324 e. The van der Waals surface area contributed by atoms with Crippen molar-refractivity contribution in [3.63, 3.8) is 0 Å². The number of carbonyl (C=O) groups excluding carboxylic acids is 2. The second kappa shape index (κ2) is 11.8. The monoisotopic (exact) mass is 588 g/mol. The van der Waals surface area contributed by atoms with Crippen LogP contribution in [0.3, 0.4) is 0 Å². The highest BCUT2D eigenvalue weighted by molar-refractivity contribution is 6.32. The number of nitrogens with zero attached hydrogens (tertiary/aromatic N) is 2. The van der Waals surface area contributed by atoms with Crippen LogP contribution in [0.4, 0.5) is 17.3 Å². The predicted octanol–water partition coefficient (Wildman–Crippen LogP) is 8.83. The number of fused-ring (bicyclic) bond motifs is 1. The Kier molecular flexibility index (Phi) is 7.64. The summed E-state index contributed by atoms with van der Waals surface area (Å²) in [6, 6.07) is 35.9. The third-order valence-corrected chi connectivity index (χ3v) is 7.07. The van der Waals surface area contributed by atoms with Crippen LogP contribution in [0.2, 0.25) is 10.0 Å². The maximum Gasteiger partial charge on any atom is 0.255 e. The lowest BCUT2D eigenvalue weighted by Crippen LogP contribution is -2.15. The molecule has 1 aromatic heterocycles. The van der Waals surface area contributed by atoms with Gasteiger partial charge in [0.15, 0.2) is 5.78 Å². The van der Waals surface area contributed by atoms with E-state index in [1.807, 2.05) is 54.6 Å². The first-order chi connectivity index (χ1) is 20.4. The highest BCUT2D eigenvalue weighted by atomic mass is 35.5. The van der Waals surface area contributed by atoms with E-state index in [1.165, 1.54) is 0 Å². The van der Waals surface area contributed by atoms with Crippen molar-refractivity contribution < 1.29 is 9.59 Å². The van der Waals surface area contributed by atoms with Crippen LogP contribution in [0, 0.1) is 0 Å². The van der Waals surface area contributed by atoms with E-state index in [2.05, 4.69) is 15.6 Å². The average molecular weight is 589 g/mol. The molecule has 0 fully saturated rings. The van der Waals surface area contributed by atoms with Crippen molar-refractivity contribution in [2.45, 2.75) is 0 Å². The van der Waals surface area contributed by atoms with Gasteiger partial charge in [0.25, 0.3) is 5.91 Å². The Hall–Kier alpha value is -5.04. The highest BCUT2D eigenvalue weighted by Crippen LogP contribution is 2.30. The van der Waals surface area contributed by atoms with Gasteiger partial charge in [-0.25, -0.2) is 9.97 Å². The quantitative estimate of drug-likeness (QED) is 0.182. The summed E-state index contributed by atoms with van der Waals surface area (Å²) in [5.74, 6) is -0.260. The van der Waals surface area contributed by atoms with Gasteiger partial charge >= 0.3 is 0 Å². The third kappa shape index (κ3) is 5.86. The number of hydrogen-bond acceptors (Lipinski definition) is 5. The van der Waals surface area contributed by atoms with Crippen LogP contribution in [0.15, 0.2) is 121 Å². The molecule has 0 atom stereocenters. The van der Waals surface area contributed by atoms with Crippen LogP contribution in [0.5, 0.6) is 0 Å². The van der Waals surface area contributed by atoms with E-state index < -0.39 is 0 Å². The fourth-order valence-corrected chi connectivity index (χ4v) is 4.94. The molecule has 0 aliphatic carbocycles. The van der Waals surface area contributed by atoms with E-state index in [-0.39, 0.29) is 11.7 Å². The van der Waals surface area contributed by atoms with Gasteiger partial charge in [0.1, 0.15) is 0 Å². The van der Waals surface area contributed by atoms with Crippen LogP contribution in [-0.4, -0.2) is 21.7 Å². The van der Waals surface area contributed by atoms with Crippen molar-refractivity contribution in [3.8, 4) is 11.3 Å². The van der Waals surface area contributed by atoms with Crippen molar-refractivity contribution >= 4 is 63.1 Å². The standard InChI is InChI=1S/C34H22Cl2N4O2/c35-24-14-16-29-27(19-24)31(21-8-3-1-4-9-21)40-34(39-29)37-26-13-7-12-23(18-26)33(42)38-30-17-15-25(36)20-28(30)32(41)22-10-5-2-6-11-22/h1-20H,(H,38,42)(H,37,39,40). The first kappa shape index (κ1) is 27.1. The van der Waals surface area contributed by atoms with Crippen LogP contribution in [-0.2, 0) is 0 Å². The first-order valence-corrected chi connectivity index (χ1v) is 13.8. The van der Waals surface area contributed by atoms with Gasteiger partial charge in [-0.3, -0.25) is 9.59 Å². The fraction of sp³-hybridized carbons (Fsp3) is 0. The molecule has 1 amide bonds. The number of anilines is 3. The minimum absolute atomic E-state index is 0.243. The van der Waals surface area contributed by atoms with E-state index in [1.54, 1.807) is 66.7 Å². The van der Waals surface area contributed by atoms with Crippen molar-refractivity contribution in [2.24, 2.45) is 0 Å². The van der Waals surface area contributed by atoms with Gasteiger partial charge in [0.05, 0.1) is 16.9 Å². The summed E-state index contributed by atoms with van der Waals surface area (Å²) in [5.41, 5.74) is 4.53. The number of aromatic nitrogens is 2. The minimum atomic E-state index is -0.387. The molecule has 42 heavy (non-hydrogen) atoms. The molecule has 0 spiro atoms. The van der Waals surface area contributed by atoms with E-state index in [0.29, 0.717) is 44.1 Å². The lowest BCUT2D eigenvalue weighted by molar-refractivity contribution is 0.102. The number of nitrogens with one attached hydrogen (secondary N) is 2. The summed E-state index contributed by atoms with van der Waals surface area (Å²) in [4.78, 5) is 36.0. The molecule has 0 radical (unpaired) electrons. The Bertz CT molecular complexity index is 1950. The molecular formula is C34H22Cl2N4O2. The van der Waals surface area contributed by atoms with E-state index in [4.69, 9.17) is 28.2 Å². The average Bonchev–Trinajstić information content (AvgIpc) is 3.02. The van der Waals surface area contributed by atoms with Crippen LogP contribution in [0.1, 0.15) is 26.3 Å². The van der Waals surface area contributed by atoms with Crippen LogP contribution >= 0.6 is 23.2 Å². The maximum absolute atomic E-state index is 13.3. The Labute approximate surface area is 252 Å².